The van der Waals surface area contributed by atoms with Gasteiger partial charge in [0.25, 0.3) is 0 Å². The number of aromatic nitrogens is 2. The fraction of sp³-hybridized carbons (Fsp3) is 0.208. The lowest BCUT2D eigenvalue weighted by Crippen LogP contribution is -2.03. The van der Waals surface area contributed by atoms with Crippen LogP contribution in [-0.2, 0) is 6.18 Å². The molecule has 0 saturated carbocycles. The topological polar surface area (TPSA) is 48.9 Å². The number of rotatable bonds is 2. The number of nitrogens with zero attached hydrogens (tertiary/aromatic N) is 1. The second-order valence-electron chi connectivity index (χ2n) is 5.95. The Morgan fingerprint density at radius 3 is 2.10 bits per heavy atom. The molecule has 4 aromatic rings. The van der Waals surface area contributed by atoms with Crippen LogP contribution in [-0.4, -0.2) is 15.1 Å². The second-order valence-corrected chi connectivity index (χ2v) is 5.95. The van der Waals surface area contributed by atoms with Gasteiger partial charge in [-0.1, -0.05) is 52.0 Å². The summed E-state index contributed by atoms with van der Waals surface area (Å²) < 4.78 is 38.3. The van der Waals surface area contributed by atoms with Crippen LogP contribution in [0.25, 0.3) is 33.3 Å². The van der Waals surface area contributed by atoms with Gasteiger partial charge >= 0.3 is 6.18 Å². The minimum Gasteiger partial charge on any atom is -0.508 e. The number of aromatic hydroxyl groups is 1. The molecular formula is C24H25F3N2O. The van der Waals surface area contributed by atoms with Gasteiger partial charge in [-0.3, -0.25) is 0 Å². The van der Waals surface area contributed by atoms with Crippen molar-refractivity contribution in [3.8, 4) is 28.0 Å². The lowest BCUT2D eigenvalue weighted by atomic mass is 10.0. The first-order valence-corrected chi connectivity index (χ1v) is 9.86. The Balaban J connectivity index is 0.000000757. The van der Waals surface area contributed by atoms with Crippen LogP contribution in [0.3, 0.4) is 0 Å². The fourth-order valence-corrected chi connectivity index (χ4v) is 2.92. The molecule has 0 radical (unpaired) electrons. The van der Waals surface area contributed by atoms with Crippen LogP contribution in [0, 0.1) is 0 Å². The van der Waals surface area contributed by atoms with Gasteiger partial charge < -0.3 is 10.1 Å². The Hall–Kier alpha value is -3.28. The normalized spacial score (nSPS) is 10.6. The molecule has 2 heterocycles. The molecule has 0 spiro atoms. The van der Waals surface area contributed by atoms with Crippen LogP contribution >= 0.6 is 0 Å². The van der Waals surface area contributed by atoms with Gasteiger partial charge in [-0.25, -0.2) is 4.98 Å². The molecule has 2 aromatic carbocycles. The molecule has 0 fully saturated rings. The van der Waals surface area contributed by atoms with Gasteiger partial charge in [0.1, 0.15) is 11.4 Å². The number of aromatic amines is 1. The molecule has 158 valence electrons. The lowest BCUT2D eigenvalue weighted by molar-refractivity contribution is -0.137. The maximum atomic E-state index is 12.8. The number of alkyl halides is 3. The molecule has 2 aromatic heterocycles. The smallest absolute Gasteiger partial charge is 0.416 e. The quantitative estimate of drug-likeness (QED) is 0.353. The van der Waals surface area contributed by atoms with Crippen LogP contribution in [0.15, 0.2) is 67.0 Å². The highest BCUT2D eigenvalue weighted by atomic mass is 19.4. The average molecular weight is 414 g/mol. The lowest BCUT2D eigenvalue weighted by Gasteiger charge is -2.07. The summed E-state index contributed by atoms with van der Waals surface area (Å²) in [6, 6.07) is 13.8. The fourth-order valence-electron chi connectivity index (χ4n) is 2.92. The van der Waals surface area contributed by atoms with Gasteiger partial charge in [0, 0.05) is 28.9 Å². The van der Waals surface area contributed by atoms with E-state index in [-0.39, 0.29) is 5.75 Å². The van der Waals surface area contributed by atoms with Crippen molar-refractivity contribution in [3.63, 3.8) is 0 Å². The van der Waals surface area contributed by atoms with Crippen LogP contribution < -0.4 is 0 Å². The van der Waals surface area contributed by atoms with E-state index in [1.54, 1.807) is 30.6 Å². The van der Waals surface area contributed by atoms with E-state index in [0.717, 1.165) is 34.2 Å². The van der Waals surface area contributed by atoms with Gasteiger partial charge in [0.2, 0.25) is 0 Å². The molecule has 0 aliphatic heterocycles. The first-order valence-electron chi connectivity index (χ1n) is 9.86. The highest BCUT2D eigenvalue weighted by Crippen LogP contribution is 2.34. The molecule has 4 rings (SSSR count). The molecule has 0 amide bonds. The van der Waals surface area contributed by atoms with E-state index >= 15 is 0 Å². The Bertz CT molecular complexity index is 1080. The minimum atomic E-state index is -4.36. The molecule has 0 atom stereocenters. The Labute approximate surface area is 174 Å². The zero-order valence-electron chi connectivity index (χ0n) is 17.4. The first-order chi connectivity index (χ1) is 14.4. The van der Waals surface area contributed by atoms with Gasteiger partial charge in [0.15, 0.2) is 0 Å². The maximum Gasteiger partial charge on any atom is 0.416 e. The average Bonchev–Trinajstić information content (AvgIpc) is 3.19. The van der Waals surface area contributed by atoms with Crippen molar-refractivity contribution in [3.05, 3.63) is 72.6 Å². The Morgan fingerprint density at radius 1 is 0.833 bits per heavy atom. The number of nitrogens with one attached hydrogen (secondary N) is 1. The number of halogens is 3. The third-order valence-corrected chi connectivity index (χ3v) is 4.23. The molecule has 0 bridgehead atoms. The van der Waals surface area contributed by atoms with Crippen LogP contribution in [0.4, 0.5) is 13.2 Å². The van der Waals surface area contributed by atoms with E-state index in [1.807, 2.05) is 39.8 Å². The van der Waals surface area contributed by atoms with E-state index < -0.39 is 11.7 Å². The number of fused-ring (bicyclic) bond motifs is 1. The molecule has 0 saturated heterocycles. The first kappa shape index (κ1) is 23.0. The van der Waals surface area contributed by atoms with Crippen LogP contribution in [0.2, 0.25) is 0 Å². The number of phenols is 1. The number of hydrogen-bond donors (Lipinski definition) is 2. The Kier molecular flexibility index (Phi) is 7.64. The summed E-state index contributed by atoms with van der Waals surface area (Å²) >= 11 is 0. The predicted molar refractivity (Wildman–Crippen MR) is 116 cm³/mol. The number of H-pyrrole nitrogens is 1. The highest BCUT2D eigenvalue weighted by Gasteiger charge is 2.30. The third kappa shape index (κ3) is 5.00. The summed E-state index contributed by atoms with van der Waals surface area (Å²) in [7, 11) is 0. The molecule has 0 aliphatic carbocycles. The van der Waals surface area contributed by atoms with Crippen molar-refractivity contribution in [1.82, 2.24) is 9.97 Å². The number of phenolic OH excluding ortho intramolecular Hbond substituents is 1. The molecule has 30 heavy (non-hydrogen) atoms. The summed E-state index contributed by atoms with van der Waals surface area (Å²) in [5, 5.41) is 10.5. The van der Waals surface area contributed by atoms with Crippen molar-refractivity contribution in [2.75, 3.05) is 0 Å². The van der Waals surface area contributed by atoms with Crippen molar-refractivity contribution < 1.29 is 18.3 Å². The largest absolute Gasteiger partial charge is 0.508 e. The van der Waals surface area contributed by atoms with E-state index in [4.69, 9.17) is 0 Å². The van der Waals surface area contributed by atoms with E-state index in [0.29, 0.717) is 11.2 Å². The number of benzene rings is 2. The summed E-state index contributed by atoms with van der Waals surface area (Å²) in [6.45, 7) is 8.00. The second kappa shape index (κ2) is 9.96. The van der Waals surface area contributed by atoms with Crippen LogP contribution in [0.1, 0.15) is 33.3 Å². The SMILES string of the molecule is CC.CC.Oc1cccc(-c2cnc3[nH]cc(-c4ccc(C(F)(F)F)cc4)c3c2)c1. The highest BCUT2D eigenvalue weighted by molar-refractivity contribution is 5.95. The van der Waals surface area contributed by atoms with Crippen molar-refractivity contribution in [2.24, 2.45) is 0 Å². The summed E-state index contributed by atoms with van der Waals surface area (Å²) in [6.07, 6.45) is -0.945. The summed E-state index contributed by atoms with van der Waals surface area (Å²) in [4.78, 5) is 7.41. The van der Waals surface area contributed by atoms with Gasteiger partial charge in [-0.2, -0.15) is 13.2 Å². The zero-order valence-corrected chi connectivity index (χ0v) is 17.4. The van der Waals surface area contributed by atoms with E-state index in [9.17, 15) is 18.3 Å². The molecular weight excluding hydrogens is 389 g/mol. The van der Waals surface area contributed by atoms with E-state index in [1.165, 1.54) is 12.1 Å². The standard InChI is InChI=1S/C20H13F3N2O.2C2H6/c21-20(22,23)15-6-4-12(5-7-15)18-11-25-19-17(18)9-14(10-24-19)13-2-1-3-16(26)8-13;2*1-2/h1-11,26H,(H,24,25);2*1-2H3. The van der Waals surface area contributed by atoms with Crippen LogP contribution in [0.5, 0.6) is 5.75 Å². The molecule has 3 nitrogen and oxygen atoms in total. The predicted octanol–water partition coefficient (Wildman–Crippen LogP) is 7.67. The van der Waals surface area contributed by atoms with Gasteiger partial charge in [-0.05, 0) is 41.5 Å². The third-order valence-electron chi connectivity index (χ3n) is 4.23. The monoisotopic (exact) mass is 414 g/mol. The summed E-state index contributed by atoms with van der Waals surface area (Å²) in [5.74, 6) is 0.152. The number of hydrogen-bond acceptors (Lipinski definition) is 2. The molecule has 6 heteroatoms. The van der Waals surface area contributed by atoms with Crippen molar-refractivity contribution >= 4 is 11.0 Å². The minimum absolute atomic E-state index is 0.152. The maximum absolute atomic E-state index is 12.8. The zero-order chi connectivity index (χ0) is 22.3. The van der Waals surface area contributed by atoms with E-state index in [2.05, 4.69) is 9.97 Å². The molecule has 0 unspecified atom stereocenters. The molecule has 0 aliphatic rings. The van der Waals surface area contributed by atoms with Gasteiger partial charge in [0.05, 0.1) is 5.56 Å². The van der Waals surface area contributed by atoms with Crippen molar-refractivity contribution in [2.45, 2.75) is 33.9 Å². The number of pyridine rings is 1. The Morgan fingerprint density at radius 2 is 1.50 bits per heavy atom. The van der Waals surface area contributed by atoms with Crippen molar-refractivity contribution in [1.29, 1.82) is 0 Å². The molecule has 2 N–H and O–H groups in total. The van der Waals surface area contributed by atoms with Gasteiger partial charge in [-0.15, -0.1) is 0 Å². The summed E-state index contributed by atoms with van der Waals surface area (Å²) in [5.41, 5.74) is 3.01.